The lowest BCUT2D eigenvalue weighted by atomic mass is 9.77. The molecule has 0 spiro atoms. The van der Waals surface area contributed by atoms with Crippen molar-refractivity contribution in [3.05, 3.63) is 5.82 Å². The van der Waals surface area contributed by atoms with Crippen molar-refractivity contribution in [3.63, 3.8) is 0 Å². The normalized spacial score (nSPS) is 22.3. The summed E-state index contributed by atoms with van der Waals surface area (Å²) in [6.45, 7) is 3.17. The van der Waals surface area contributed by atoms with E-state index in [0.29, 0.717) is 18.7 Å². The van der Waals surface area contributed by atoms with Gasteiger partial charge in [-0.3, -0.25) is 0 Å². The van der Waals surface area contributed by atoms with Crippen molar-refractivity contribution in [2.24, 2.45) is 0 Å². The highest BCUT2D eigenvalue weighted by molar-refractivity contribution is 5.77. The molecule has 1 aromatic heterocycles. The molecule has 0 amide bonds. The van der Waals surface area contributed by atoms with Crippen LogP contribution >= 0.6 is 0 Å². The molecular weight excluding hydrogens is 246 g/mol. The molecule has 1 saturated carbocycles. The topological polar surface area (TPSA) is 84.1 Å². The second-order valence-electron chi connectivity index (χ2n) is 5.50. The molecule has 1 aliphatic heterocycles. The predicted molar refractivity (Wildman–Crippen MR) is 66.7 cm³/mol. The summed E-state index contributed by atoms with van der Waals surface area (Å²) in [6.07, 6.45) is 5.42. The molecule has 1 aromatic rings. The van der Waals surface area contributed by atoms with Crippen LogP contribution in [-0.2, 0) is 16.8 Å². The van der Waals surface area contributed by atoms with Crippen molar-refractivity contribution in [2.45, 2.75) is 44.1 Å². The Morgan fingerprint density at radius 3 is 2.58 bits per heavy atom. The minimum Gasteiger partial charge on any atom is -0.479 e. The van der Waals surface area contributed by atoms with Gasteiger partial charge in [0.25, 0.3) is 0 Å². The van der Waals surface area contributed by atoms with E-state index >= 15 is 0 Å². The SMILES string of the molecule is O=C(O)C1(n2nnnc2CCN2CCCC2)CCC1. The van der Waals surface area contributed by atoms with E-state index in [-0.39, 0.29) is 0 Å². The zero-order valence-corrected chi connectivity index (χ0v) is 11.0. The van der Waals surface area contributed by atoms with E-state index in [4.69, 9.17) is 0 Å². The number of aromatic nitrogens is 4. The smallest absolute Gasteiger partial charge is 0.331 e. The zero-order valence-electron chi connectivity index (χ0n) is 11.0. The van der Waals surface area contributed by atoms with E-state index in [1.807, 2.05) is 0 Å². The number of carbonyl (C=O) groups is 1. The molecule has 2 fully saturated rings. The Hall–Kier alpha value is -1.50. The van der Waals surface area contributed by atoms with Crippen LogP contribution in [0.25, 0.3) is 0 Å². The molecule has 1 N–H and O–H groups in total. The molecule has 0 aromatic carbocycles. The molecule has 19 heavy (non-hydrogen) atoms. The van der Waals surface area contributed by atoms with Gasteiger partial charge in [0.2, 0.25) is 0 Å². The minimum atomic E-state index is -0.885. The van der Waals surface area contributed by atoms with Crippen LogP contribution < -0.4 is 0 Å². The summed E-state index contributed by atoms with van der Waals surface area (Å²) in [4.78, 5) is 13.9. The van der Waals surface area contributed by atoms with E-state index in [1.165, 1.54) is 12.8 Å². The summed E-state index contributed by atoms with van der Waals surface area (Å²) in [7, 11) is 0. The van der Waals surface area contributed by atoms with Crippen LogP contribution in [-0.4, -0.2) is 55.8 Å². The highest BCUT2D eigenvalue weighted by atomic mass is 16.4. The van der Waals surface area contributed by atoms with Crippen LogP contribution in [0.3, 0.4) is 0 Å². The summed E-state index contributed by atoms with van der Waals surface area (Å²) in [6, 6.07) is 0. The van der Waals surface area contributed by atoms with Crippen molar-refractivity contribution in [3.8, 4) is 0 Å². The van der Waals surface area contributed by atoms with E-state index < -0.39 is 11.5 Å². The summed E-state index contributed by atoms with van der Waals surface area (Å²) in [5, 5.41) is 21.1. The van der Waals surface area contributed by atoms with Crippen LogP contribution in [0, 0.1) is 0 Å². The fourth-order valence-corrected chi connectivity index (χ4v) is 2.99. The fraction of sp³-hybridized carbons (Fsp3) is 0.833. The minimum absolute atomic E-state index is 0.629. The molecule has 2 heterocycles. The first-order chi connectivity index (χ1) is 9.22. The number of rotatable bonds is 5. The average molecular weight is 265 g/mol. The van der Waals surface area contributed by atoms with Gasteiger partial charge in [-0.2, -0.15) is 0 Å². The van der Waals surface area contributed by atoms with Gasteiger partial charge in [-0.05, 0) is 55.6 Å². The lowest BCUT2D eigenvalue weighted by Gasteiger charge is -2.37. The Morgan fingerprint density at radius 1 is 1.26 bits per heavy atom. The van der Waals surface area contributed by atoms with Crippen molar-refractivity contribution < 1.29 is 9.90 Å². The molecule has 7 nitrogen and oxygen atoms in total. The lowest BCUT2D eigenvalue weighted by molar-refractivity contribution is -0.153. The number of hydrogen-bond donors (Lipinski definition) is 1. The quantitative estimate of drug-likeness (QED) is 0.823. The van der Waals surface area contributed by atoms with Crippen LogP contribution in [0.4, 0.5) is 0 Å². The first-order valence-electron chi connectivity index (χ1n) is 6.96. The highest BCUT2D eigenvalue weighted by Gasteiger charge is 2.48. The molecule has 0 atom stereocenters. The van der Waals surface area contributed by atoms with Gasteiger partial charge in [-0.1, -0.05) is 0 Å². The third-order valence-electron chi connectivity index (χ3n) is 4.37. The second-order valence-corrected chi connectivity index (χ2v) is 5.50. The molecule has 0 radical (unpaired) electrons. The molecule has 2 aliphatic rings. The molecule has 1 saturated heterocycles. The second kappa shape index (κ2) is 4.88. The number of hydrogen-bond acceptors (Lipinski definition) is 5. The maximum Gasteiger partial charge on any atom is 0.331 e. The Bertz CT molecular complexity index is 462. The summed E-state index contributed by atoms with van der Waals surface area (Å²) >= 11 is 0. The van der Waals surface area contributed by atoms with Gasteiger partial charge in [0.05, 0.1) is 0 Å². The van der Waals surface area contributed by atoms with Gasteiger partial charge in [0.1, 0.15) is 0 Å². The summed E-state index contributed by atoms with van der Waals surface area (Å²) in [5.41, 5.74) is -0.885. The monoisotopic (exact) mass is 265 g/mol. The van der Waals surface area contributed by atoms with E-state index in [0.717, 1.165) is 32.5 Å². The third-order valence-corrected chi connectivity index (χ3v) is 4.37. The van der Waals surface area contributed by atoms with Gasteiger partial charge >= 0.3 is 5.97 Å². The Labute approximate surface area is 111 Å². The largest absolute Gasteiger partial charge is 0.479 e. The fourth-order valence-electron chi connectivity index (χ4n) is 2.99. The molecule has 0 bridgehead atoms. The summed E-state index contributed by atoms with van der Waals surface area (Å²) < 4.78 is 1.55. The highest BCUT2D eigenvalue weighted by Crippen LogP contribution is 2.39. The van der Waals surface area contributed by atoms with E-state index in [2.05, 4.69) is 20.4 Å². The number of nitrogens with zero attached hydrogens (tertiary/aromatic N) is 5. The van der Waals surface area contributed by atoms with Crippen LogP contribution in [0.5, 0.6) is 0 Å². The van der Waals surface area contributed by atoms with Gasteiger partial charge in [0, 0.05) is 13.0 Å². The Kier molecular flexibility index (Phi) is 3.22. The number of carboxylic acids is 1. The van der Waals surface area contributed by atoms with Crippen molar-refractivity contribution in [1.29, 1.82) is 0 Å². The average Bonchev–Trinajstić information content (AvgIpc) is 2.94. The Morgan fingerprint density at radius 2 is 2.00 bits per heavy atom. The molecule has 1 aliphatic carbocycles. The predicted octanol–water partition coefficient (Wildman–Crippen LogP) is 0.275. The number of carboxylic acid groups (broad SMARTS) is 1. The van der Waals surface area contributed by atoms with Gasteiger partial charge in [0.15, 0.2) is 11.4 Å². The van der Waals surface area contributed by atoms with E-state index in [9.17, 15) is 9.90 Å². The molecule has 104 valence electrons. The Balaban J connectivity index is 1.72. The van der Waals surface area contributed by atoms with E-state index in [1.54, 1.807) is 4.68 Å². The zero-order chi connectivity index (χ0) is 13.3. The first-order valence-corrected chi connectivity index (χ1v) is 6.96. The standard InChI is InChI=1S/C12H19N5O2/c18-11(19)12(5-3-6-12)17-10(13-14-15-17)4-9-16-7-1-2-8-16/h1-9H2,(H,18,19). The molecule has 3 rings (SSSR count). The summed E-state index contributed by atoms with van der Waals surface area (Å²) in [5.74, 6) is -0.109. The van der Waals surface area contributed by atoms with Crippen molar-refractivity contribution in [1.82, 2.24) is 25.1 Å². The van der Waals surface area contributed by atoms with Gasteiger partial charge < -0.3 is 10.0 Å². The van der Waals surface area contributed by atoms with Crippen molar-refractivity contribution >= 4 is 5.97 Å². The first kappa shape index (κ1) is 12.5. The third kappa shape index (κ3) is 2.11. The lowest BCUT2D eigenvalue weighted by Crippen LogP contribution is -2.49. The van der Waals surface area contributed by atoms with Crippen LogP contribution in [0.1, 0.15) is 37.9 Å². The maximum atomic E-state index is 11.5. The number of aliphatic carboxylic acids is 1. The van der Waals surface area contributed by atoms with Crippen molar-refractivity contribution in [2.75, 3.05) is 19.6 Å². The molecular formula is C12H19N5O2. The maximum absolute atomic E-state index is 11.5. The molecule has 0 unspecified atom stereocenters. The van der Waals surface area contributed by atoms with Crippen LogP contribution in [0.2, 0.25) is 0 Å². The van der Waals surface area contributed by atoms with Gasteiger partial charge in [-0.15, -0.1) is 5.10 Å². The van der Waals surface area contributed by atoms with Crippen LogP contribution in [0.15, 0.2) is 0 Å². The van der Waals surface area contributed by atoms with Gasteiger partial charge in [-0.25, -0.2) is 9.48 Å². The number of likely N-dealkylation sites (tertiary alicyclic amines) is 1. The molecule has 7 heteroatoms. The number of tetrazole rings is 1.